The van der Waals surface area contributed by atoms with Crippen molar-refractivity contribution >= 4 is 10.1 Å². The Morgan fingerprint density at radius 2 is 1.58 bits per heavy atom. The molecule has 0 aromatic heterocycles. The molecule has 0 bridgehead atoms. The molecule has 6 heteroatoms. The molecule has 0 aliphatic carbocycles. The molecule has 1 aliphatic rings. The van der Waals surface area contributed by atoms with Crippen LogP contribution in [0.25, 0.3) is 0 Å². The van der Waals surface area contributed by atoms with Crippen LogP contribution < -0.4 is 0 Å². The van der Waals surface area contributed by atoms with Crippen LogP contribution in [0.1, 0.15) is 45.4 Å². The van der Waals surface area contributed by atoms with Crippen molar-refractivity contribution in [2.45, 2.75) is 45.4 Å². The summed E-state index contributed by atoms with van der Waals surface area (Å²) in [5.41, 5.74) is 0. The van der Waals surface area contributed by atoms with E-state index >= 15 is 0 Å². The highest BCUT2D eigenvalue weighted by Gasteiger charge is 2.11. The van der Waals surface area contributed by atoms with E-state index in [2.05, 4.69) is 29.1 Å². The van der Waals surface area contributed by atoms with Gasteiger partial charge in [-0.15, -0.1) is 0 Å². The normalized spacial score (nSPS) is 15.5. The predicted molar refractivity (Wildman–Crippen MR) is 77.2 cm³/mol. The standard InChI is InChI=1S/C13H26N2O3S/c1-2-3-4-5-8-14-10-11-15(13-14)9-6-7-12-19(16,17)18/h10-11H,2-9,12-13H2,1H3,(H,16,17,18). The lowest BCUT2D eigenvalue weighted by molar-refractivity contribution is 0.258. The Balaban J connectivity index is 2.04. The molecule has 112 valence electrons. The van der Waals surface area contributed by atoms with Crippen molar-refractivity contribution in [3.05, 3.63) is 12.4 Å². The summed E-state index contributed by atoms with van der Waals surface area (Å²) in [6, 6.07) is 0. The Bertz CT molecular complexity index is 368. The second-order valence-electron chi connectivity index (χ2n) is 5.12. The zero-order valence-electron chi connectivity index (χ0n) is 11.8. The van der Waals surface area contributed by atoms with Crippen molar-refractivity contribution in [3.8, 4) is 0 Å². The zero-order chi connectivity index (χ0) is 14.1. The lowest BCUT2D eigenvalue weighted by atomic mass is 10.2. The first kappa shape index (κ1) is 16.3. The van der Waals surface area contributed by atoms with Gasteiger partial charge in [0.1, 0.15) is 0 Å². The van der Waals surface area contributed by atoms with E-state index in [0.29, 0.717) is 6.42 Å². The van der Waals surface area contributed by atoms with Crippen LogP contribution in [0.4, 0.5) is 0 Å². The first-order valence-corrected chi connectivity index (χ1v) is 8.74. The molecule has 0 radical (unpaired) electrons. The fraction of sp³-hybridized carbons (Fsp3) is 0.846. The minimum absolute atomic E-state index is 0.134. The van der Waals surface area contributed by atoms with Crippen molar-refractivity contribution in [1.82, 2.24) is 9.80 Å². The maximum atomic E-state index is 10.6. The van der Waals surface area contributed by atoms with E-state index in [1.165, 1.54) is 25.7 Å². The second-order valence-corrected chi connectivity index (χ2v) is 6.69. The second kappa shape index (κ2) is 8.43. The molecule has 0 saturated carbocycles. The quantitative estimate of drug-likeness (QED) is 0.494. The fourth-order valence-corrected chi connectivity index (χ4v) is 2.72. The van der Waals surface area contributed by atoms with Crippen LogP contribution in [-0.2, 0) is 10.1 Å². The molecule has 0 aromatic carbocycles. The van der Waals surface area contributed by atoms with Crippen LogP contribution in [0.15, 0.2) is 12.4 Å². The smallest absolute Gasteiger partial charge is 0.264 e. The molecule has 1 rings (SSSR count). The van der Waals surface area contributed by atoms with Gasteiger partial charge in [-0.3, -0.25) is 4.55 Å². The van der Waals surface area contributed by atoms with Crippen molar-refractivity contribution in [2.24, 2.45) is 0 Å². The van der Waals surface area contributed by atoms with Gasteiger partial charge < -0.3 is 9.80 Å². The third-order valence-corrected chi connectivity index (χ3v) is 4.05. The minimum atomic E-state index is -3.80. The van der Waals surface area contributed by atoms with Crippen molar-refractivity contribution in [2.75, 3.05) is 25.5 Å². The zero-order valence-corrected chi connectivity index (χ0v) is 12.6. The Kier molecular flexibility index (Phi) is 7.23. The highest BCUT2D eigenvalue weighted by atomic mass is 32.2. The van der Waals surface area contributed by atoms with E-state index < -0.39 is 10.1 Å². The molecule has 5 nitrogen and oxygen atoms in total. The number of unbranched alkanes of at least 4 members (excludes halogenated alkanes) is 4. The van der Waals surface area contributed by atoms with Crippen LogP contribution in [0.5, 0.6) is 0 Å². The summed E-state index contributed by atoms with van der Waals surface area (Å²) in [4.78, 5) is 4.47. The molecule has 0 amide bonds. The van der Waals surface area contributed by atoms with Gasteiger partial charge in [-0.2, -0.15) is 8.42 Å². The summed E-state index contributed by atoms with van der Waals surface area (Å²) in [6.07, 6.45) is 10.5. The van der Waals surface area contributed by atoms with E-state index in [9.17, 15) is 8.42 Å². The van der Waals surface area contributed by atoms with Gasteiger partial charge in [-0.1, -0.05) is 26.2 Å². The maximum absolute atomic E-state index is 10.6. The van der Waals surface area contributed by atoms with Gasteiger partial charge >= 0.3 is 0 Å². The molecule has 0 spiro atoms. The Morgan fingerprint density at radius 1 is 1.00 bits per heavy atom. The van der Waals surface area contributed by atoms with Crippen LogP contribution in [0.2, 0.25) is 0 Å². The van der Waals surface area contributed by atoms with Gasteiger partial charge in [-0.05, 0) is 19.3 Å². The van der Waals surface area contributed by atoms with Crippen LogP contribution >= 0.6 is 0 Å². The van der Waals surface area contributed by atoms with E-state index in [-0.39, 0.29) is 5.75 Å². The van der Waals surface area contributed by atoms with Gasteiger partial charge in [0, 0.05) is 25.5 Å². The molecular weight excluding hydrogens is 264 g/mol. The van der Waals surface area contributed by atoms with E-state index in [1.54, 1.807) is 0 Å². The van der Waals surface area contributed by atoms with Crippen LogP contribution in [0.3, 0.4) is 0 Å². The van der Waals surface area contributed by atoms with E-state index in [4.69, 9.17) is 4.55 Å². The number of hydrogen-bond donors (Lipinski definition) is 1. The van der Waals surface area contributed by atoms with Crippen molar-refractivity contribution in [3.63, 3.8) is 0 Å². The monoisotopic (exact) mass is 290 g/mol. The third kappa shape index (κ3) is 8.10. The van der Waals surface area contributed by atoms with Crippen molar-refractivity contribution < 1.29 is 13.0 Å². The van der Waals surface area contributed by atoms with Crippen LogP contribution in [-0.4, -0.2) is 48.3 Å². The molecule has 0 saturated heterocycles. The molecule has 1 aliphatic heterocycles. The summed E-state index contributed by atoms with van der Waals surface area (Å²) in [5.74, 6) is -0.134. The number of hydrogen-bond acceptors (Lipinski definition) is 4. The number of rotatable bonds is 10. The Hall–Kier alpha value is -0.750. The summed E-state index contributed by atoms with van der Waals surface area (Å²) in [7, 11) is -3.80. The van der Waals surface area contributed by atoms with Gasteiger partial charge in [-0.25, -0.2) is 0 Å². The van der Waals surface area contributed by atoms with Crippen LogP contribution in [0, 0.1) is 0 Å². The summed E-state index contributed by atoms with van der Waals surface area (Å²) < 4.78 is 29.8. The molecule has 19 heavy (non-hydrogen) atoms. The average Bonchev–Trinajstić information content (AvgIpc) is 2.77. The lowest BCUT2D eigenvalue weighted by Gasteiger charge is -2.21. The van der Waals surface area contributed by atoms with E-state index in [1.807, 2.05) is 0 Å². The van der Waals surface area contributed by atoms with Crippen molar-refractivity contribution in [1.29, 1.82) is 0 Å². The third-order valence-electron chi connectivity index (χ3n) is 3.25. The van der Waals surface area contributed by atoms with Gasteiger partial charge in [0.05, 0.1) is 12.4 Å². The summed E-state index contributed by atoms with van der Waals surface area (Å²) in [6.45, 7) is 5.05. The van der Waals surface area contributed by atoms with E-state index in [0.717, 1.165) is 26.2 Å². The first-order chi connectivity index (χ1) is 9.01. The van der Waals surface area contributed by atoms with Gasteiger partial charge in [0.2, 0.25) is 0 Å². The van der Waals surface area contributed by atoms with Gasteiger partial charge in [0.25, 0.3) is 10.1 Å². The Morgan fingerprint density at radius 3 is 2.11 bits per heavy atom. The fourth-order valence-electron chi connectivity index (χ4n) is 2.15. The molecule has 0 fully saturated rings. The maximum Gasteiger partial charge on any atom is 0.264 e. The molecule has 1 heterocycles. The molecule has 1 N–H and O–H groups in total. The summed E-state index contributed by atoms with van der Waals surface area (Å²) in [5, 5.41) is 0. The topological polar surface area (TPSA) is 60.9 Å². The lowest BCUT2D eigenvalue weighted by Crippen LogP contribution is -2.27. The average molecular weight is 290 g/mol. The molecule has 0 atom stereocenters. The highest BCUT2D eigenvalue weighted by molar-refractivity contribution is 7.85. The first-order valence-electron chi connectivity index (χ1n) is 7.13. The SMILES string of the molecule is CCCCCCN1C=CN(CCCCS(=O)(=O)O)C1. The highest BCUT2D eigenvalue weighted by Crippen LogP contribution is 2.10. The number of nitrogens with zero attached hydrogens (tertiary/aromatic N) is 2. The predicted octanol–water partition coefficient (Wildman–Crippen LogP) is 2.28. The molecule has 0 aromatic rings. The molecule has 0 unspecified atom stereocenters. The summed E-state index contributed by atoms with van der Waals surface area (Å²) >= 11 is 0. The Labute approximate surface area is 117 Å². The van der Waals surface area contributed by atoms with Gasteiger partial charge in [0.15, 0.2) is 0 Å². The minimum Gasteiger partial charge on any atom is -0.359 e. The molecular formula is C13H26N2O3S. The largest absolute Gasteiger partial charge is 0.359 e.